The number of aliphatic hydroxyl groups excluding tert-OH is 1. The number of hydrogen-bond donors (Lipinski definition) is 1. The molecule has 0 aromatic heterocycles. The predicted molar refractivity (Wildman–Crippen MR) is 102 cm³/mol. The van der Waals surface area contributed by atoms with Crippen molar-refractivity contribution in [1.29, 1.82) is 0 Å². The van der Waals surface area contributed by atoms with Crippen LogP contribution >= 0.6 is 6.72 Å². The molecule has 0 saturated carbocycles. The molecule has 0 bridgehead atoms. The summed E-state index contributed by atoms with van der Waals surface area (Å²) >= 11 is 5.14. The minimum Gasteiger partial charge on any atom is -0.424 e. The van der Waals surface area contributed by atoms with Gasteiger partial charge in [-0.3, -0.25) is 23.5 Å². The number of ketones is 1. The number of allylic oxidation sites excluding steroid dienone is 1. The molecule has 0 spiro atoms. The molecule has 32 heavy (non-hydrogen) atoms. The molecule has 14 heteroatoms. The Morgan fingerprint density at radius 3 is 2.72 bits per heavy atom. The smallest absolute Gasteiger partial charge is 0.381 e. The molecular formula is C18H16F4NO7PS. The average molecular weight is 497 g/mol. The van der Waals surface area contributed by atoms with Gasteiger partial charge in [0.1, 0.15) is 5.75 Å². The maximum absolute atomic E-state index is 14.8. The molecule has 3 aliphatic rings. The van der Waals surface area contributed by atoms with Crippen molar-refractivity contribution >= 4 is 30.2 Å². The van der Waals surface area contributed by atoms with E-state index in [0.717, 1.165) is 6.08 Å². The molecule has 1 amide bonds. The van der Waals surface area contributed by atoms with Crippen LogP contribution in [0.3, 0.4) is 0 Å². The number of alkyl halides is 4. The van der Waals surface area contributed by atoms with Crippen LogP contribution in [0, 0.1) is 0 Å². The summed E-state index contributed by atoms with van der Waals surface area (Å²) in [5, 5.41) is 10.2. The van der Waals surface area contributed by atoms with E-state index in [2.05, 4.69) is 0 Å². The Kier molecular flexibility index (Phi) is 5.93. The number of nitrogens with zero attached hydrogens (tertiary/aromatic N) is 1. The average Bonchev–Trinajstić information content (AvgIpc) is 2.94. The van der Waals surface area contributed by atoms with Gasteiger partial charge in [-0.1, -0.05) is 18.2 Å². The van der Waals surface area contributed by atoms with Crippen molar-refractivity contribution in [3.8, 4) is 5.75 Å². The molecule has 0 aliphatic carbocycles. The molecule has 174 valence electrons. The Hall–Kier alpha value is -1.89. The molecule has 4 rings (SSSR count). The Labute approximate surface area is 183 Å². The predicted octanol–water partition coefficient (Wildman–Crippen LogP) is 2.51. The second-order valence-electron chi connectivity index (χ2n) is 7.26. The summed E-state index contributed by atoms with van der Waals surface area (Å²) in [7, 11) is 0. The van der Waals surface area contributed by atoms with Gasteiger partial charge in [0, 0.05) is 23.6 Å². The lowest BCUT2D eigenvalue weighted by Gasteiger charge is -2.34. The number of halogens is 4. The van der Waals surface area contributed by atoms with Crippen molar-refractivity contribution < 1.29 is 50.6 Å². The highest BCUT2D eigenvalue weighted by atomic mass is 32.5. The van der Waals surface area contributed by atoms with Crippen LogP contribution in [-0.4, -0.2) is 58.6 Å². The van der Waals surface area contributed by atoms with E-state index in [9.17, 15) is 32.3 Å². The molecule has 8 nitrogen and oxygen atoms in total. The summed E-state index contributed by atoms with van der Waals surface area (Å²) in [4.78, 5) is 23.6. The number of hydrogen-bond acceptors (Lipinski definition) is 8. The fraction of sp³-hybridized carbons (Fsp3) is 0.444. The minimum atomic E-state index is -4.33. The van der Waals surface area contributed by atoms with Crippen molar-refractivity contribution in [2.24, 2.45) is 0 Å². The highest BCUT2D eigenvalue weighted by molar-refractivity contribution is 8.07. The molecule has 1 saturated heterocycles. The first kappa shape index (κ1) is 23.3. The van der Waals surface area contributed by atoms with E-state index in [1.165, 1.54) is 0 Å². The van der Waals surface area contributed by atoms with Crippen LogP contribution in [0.4, 0.5) is 17.6 Å². The van der Waals surface area contributed by atoms with E-state index < -0.39 is 61.7 Å². The molecule has 1 unspecified atom stereocenters. The molecule has 1 aromatic carbocycles. The number of rotatable bonds is 5. The second-order valence-corrected chi connectivity index (χ2v) is 10.2. The fourth-order valence-corrected chi connectivity index (χ4v) is 5.22. The third-order valence-electron chi connectivity index (χ3n) is 5.15. The van der Waals surface area contributed by atoms with Crippen molar-refractivity contribution in [2.75, 3.05) is 6.61 Å². The first-order valence-corrected chi connectivity index (χ1v) is 11.7. The topological polar surface area (TPSA) is 94.5 Å². The Balaban J connectivity index is 1.58. The van der Waals surface area contributed by atoms with Crippen molar-refractivity contribution in [3.63, 3.8) is 0 Å². The molecule has 0 radical (unpaired) electrons. The minimum absolute atomic E-state index is 0.0571. The molecule has 1 aromatic rings. The van der Waals surface area contributed by atoms with Crippen LogP contribution in [-0.2, 0) is 41.8 Å². The quantitative estimate of drug-likeness (QED) is 0.377. The third kappa shape index (κ3) is 3.87. The summed E-state index contributed by atoms with van der Waals surface area (Å²) in [6, 6.07) is 6.57. The van der Waals surface area contributed by atoms with Gasteiger partial charge in [0.05, 0.1) is 19.6 Å². The monoisotopic (exact) mass is 497 g/mol. The van der Waals surface area contributed by atoms with Gasteiger partial charge >= 0.3 is 12.6 Å². The number of carbonyl (C=O) groups is 2. The number of fused-ring (bicyclic) bond motifs is 1. The van der Waals surface area contributed by atoms with Gasteiger partial charge in [-0.15, -0.1) is 0 Å². The molecular weight excluding hydrogens is 481 g/mol. The van der Waals surface area contributed by atoms with E-state index in [1.807, 2.05) is 0 Å². The van der Waals surface area contributed by atoms with Gasteiger partial charge in [0.25, 0.3) is 6.43 Å². The SMILES string of the molecule is O=C1C=CN([C@@H]2O[C@@](COP3(=S)OCc4ccccc4O3)(C(F)F)[C@@H](O)C2(F)F)C(=O)C1. The van der Waals surface area contributed by atoms with Gasteiger partial charge in [-0.05, 0) is 12.1 Å². The van der Waals surface area contributed by atoms with Crippen LogP contribution in [0.15, 0.2) is 36.5 Å². The summed E-state index contributed by atoms with van der Waals surface area (Å²) in [5.41, 5.74) is -2.63. The zero-order chi connectivity index (χ0) is 23.3. The zero-order valence-electron chi connectivity index (χ0n) is 16.0. The Bertz CT molecular complexity index is 1020. The van der Waals surface area contributed by atoms with E-state index in [0.29, 0.717) is 16.7 Å². The van der Waals surface area contributed by atoms with E-state index in [1.54, 1.807) is 24.3 Å². The van der Waals surface area contributed by atoms with E-state index in [4.69, 9.17) is 30.1 Å². The number of ether oxygens (including phenoxy) is 1. The molecule has 1 fully saturated rings. The Morgan fingerprint density at radius 1 is 1.31 bits per heavy atom. The van der Waals surface area contributed by atoms with Crippen LogP contribution in [0.1, 0.15) is 12.0 Å². The highest BCUT2D eigenvalue weighted by Gasteiger charge is 2.72. The first-order valence-electron chi connectivity index (χ1n) is 9.19. The second kappa shape index (κ2) is 8.15. The number of carbonyl (C=O) groups excluding carboxylic acids is 2. The number of aliphatic hydroxyl groups is 1. The van der Waals surface area contributed by atoms with Crippen molar-refractivity contribution in [3.05, 3.63) is 42.1 Å². The Morgan fingerprint density at radius 2 is 2.03 bits per heavy atom. The van der Waals surface area contributed by atoms with Gasteiger partial charge in [0.2, 0.25) is 12.1 Å². The maximum Gasteiger partial charge on any atom is 0.381 e. The highest BCUT2D eigenvalue weighted by Crippen LogP contribution is 2.57. The largest absolute Gasteiger partial charge is 0.424 e. The number of para-hydroxylation sites is 1. The molecule has 1 N–H and O–H groups in total. The van der Waals surface area contributed by atoms with Gasteiger partial charge in [0.15, 0.2) is 17.5 Å². The maximum atomic E-state index is 14.8. The van der Waals surface area contributed by atoms with Gasteiger partial charge in [-0.25, -0.2) is 8.78 Å². The van der Waals surface area contributed by atoms with Crippen molar-refractivity contribution in [2.45, 2.75) is 43.3 Å². The van der Waals surface area contributed by atoms with E-state index >= 15 is 0 Å². The lowest BCUT2D eigenvalue weighted by molar-refractivity contribution is -0.201. The fourth-order valence-electron chi connectivity index (χ4n) is 3.41. The summed E-state index contributed by atoms with van der Waals surface area (Å²) in [5.74, 6) is -5.78. The summed E-state index contributed by atoms with van der Waals surface area (Å²) in [6.45, 7) is -5.06. The first-order chi connectivity index (χ1) is 15.0. The number of benzene rings is 1. The normalized spacial score (nSPS) is 34.0. The molecule has 3 heterocycles. The van der Waals surface area contributed by atoms with Crippen LogP contribution in [0.25, 0.3) is 0 Å². The van der Waals surface area contributed by atoms with Crippen molar-refractivity contribution in [1.82, 2.24) is 4.90 Å². The van der Waals surface area contributed by atoms with E-state index in [-0.39, 0.29) is 12.4 Å². The summed E-state index contributed by atoms with van der Waals surface area (Å²) in [6.07, 6.45) is -8.55. The lowest BCUT2D eigenvalue weighted by Crippen LogP contribution is -2.54. The lowest BCUT2D eigenvalue weighted by atomic mass is 9.95. The summed E-state index contributed by atoms with van der Waals surface area (Å²) < 4.78 is 78.6. The van der Waals surface area contributed by atoms with Crippen LogP contribution in [0.2, 0.25) is 0 Å². The molecule has 3 aliphatic heterocycles. The number of amides is 1. The van der Waals surface area contributed by atoms with Gasteiger partial charge in [-0.2, -0.15) is 8.78 Å². The third-order valence-corrected chi connectivity index (χ3v) is 7.32. The van der Waals surface area contributed by atoms with Gasteiger partial charge < -0.3 is 14.4 Å². The van der Waals surface area contributed by atoms with Crippen LogP contribution < -0.4 is 4.52 Å². The zero-order valence-corrected chi connectivity index (χ0v) is 17.7. The molecule has 4 atom stereocenters. The van der Waals surface area contributed by atoms with Crippen LogP contribution in [0.5, 0.6) is 5.75 Å². The standard InChI is InChI=1S/C18H16F4NO7PS/c19-15(20)17(9-28-31(32)27-8-10-3-1-2-4-12(10)30-31)14(26)18(21,22)16(29-17)23-6-5-11(24)7-13(23)25/h1-6,14-16,26H,7-9H2/t14-,16-,17-,31?/m1/s1.